The maximum atomic E-state index is 9.75. The van der Waals surface area contributed by atoms with Crippen molar-refractivity contribution in [1.82, 2.24) is 0 Å². The summed E-state index contributed by atoms with van der Waals surface area (Å²) in [7, 11) is -6.00. The topological polar surface area (TPSA) is 29.8 Å². The van der Waals surface area contributed by atoms with Crippen LogP contribution in [0.15, 0.2) is 65.1 Å². The van der Waals surface area contributed by atoms with Gasteiger partial charge < -0.3 is 26.7 Å². The van der Waals surface area contributed by atoms with Gasteiger partial charge in [0, 0.05) is 11.6 Å². The average Bonchev–Trinajstić information content (AvgIpc) is 2.66. The second kappa shape index (κ2) is 11.0. The van der Waals surface area contributed by atoms with Gasteiger partial charge in [-0.05, 0) is 69.7 Å². The van der Waals surface area contributed by atoms with Gasteiger partial charge in [0.2, 0.25) is 0 Å². The van der Waals surface area contributed by atoms with Crippen molar-refractivity contribution in [3.05, 3.63) is 66.4 Å². The summed E-state index contributed by atoms with van der Waals surface area (Å²) < 4.78 is 56.4. The molecule has 0 spiro atoms. The maximum Gasteiger partial charge on any atom is 0.673 e. The molecule has 172 valence electrons. The molecule has 8 heteroatoms. The van der Waals surface area contributed by atoms with E-state index in [1.54, 1.807) is 0 Å². The fourth-order valence-electron chi connectivity index (χ4n) is 2.91. The molecule has 0 atom stereocenters. The Balaban J connectivity index is 0.000000654. The highest BCUT2D eigenvalue weighted by atomic mass is 19.5. The van der Waals surface area contributed by atoms with E-state index in [9.17, 15) is 17.3 Å². The van der Waals surface area contributed by atoms with Crippen molar-refractivity contribution in [2.75, 3.05) is 0 Å². The van der Waals surface area contributed by atoms with Gasteiger partial charge in [0.25, 0.3) is 0 Å². The van der Waals surface area contributed by atoms with Crippen molar-refractivity contribution in [3.63, 3.8) is 0 Å². The van der Waals surface area contributed by atoms with Crippen LogP contribution in [-0.2, 0) is 0 Å². The van der Waals surface area contributed by atoms with E-state index >= 15 is 0 Å². The van der Waals surface area contributed by atoms with Crippen molar-refractivity contribution in [1.29, 1.82) is 0 Å². The molecule has 0 saturated carbocycles. The minimum Gasteiger partial charge on any atom is -0.491 e. The van der Waals surface area contributed by atoms with E-state index in [-0.39, 0.29) is 12.2 Å². The van der Waals surface area contributed by atoms with E-state index in [2.05, 4.69) is 24.3 Å². The van der Waals surface area contributed by atoms with Crippen LogP contribution in [0.2, 0.25) is 0 Å². The molecule has 32 heavy (non-hydrogen) atoms. The molecule has 0 bridgehead atoms. The Bertz CT molecular complexity index is 908. The molecule has 0 amide bonds. The summed E-state index contributed by atoms with van der Waals surface area (Å²) in [5.41, 5.74) is 3.27. The van der Waals surface area contributed by atoms with Gasteiger partial charge in [0.1, 0.15) is 11.5 Å². The smallest absolute Gasteiger partial charge is 0.491 e. The molecule has 2 aromatic carbocycles. The molecule has 0 N–H and O–H groups in total. The third kappa shape index (κ3) is 9.00. The van der Waals surface area contributed by atoms with Crippen LogP contribution < -0.4 is 9.47 Å². The lowest BCUT2D eigenvalue weighted by atomic mass is 10.0. The summed E-state index contributed by atoms with van der Waals surface area (Å²) in [6, 6.07) is 20.3. The van der Waals surface area contributed by atoms with E-state index < -0.39 is 7.25 Å². The zero-order chi connectivity index (χ0) is 23.9. The molecule has 0 fully saturated rings. The van der Waals surface area contributed by atoms with Gasteiger partial charge >= 0.3 is 18.8 Å². The zero-order valence-corrected chi connectivity index (χ0v) is 18.7. The first-order valence-electron chi connectivity index (χ1n) is 10.3. The Labute approximate surface area is 186 Å². The molecular weight excluding hydrogens is 423 g/mol. The number of hydrogen-bond donors (Lipinski definition) is 0. The van der Waals surface area contributed by atoms with Gasteiger partial charge in [0.05, 0.1) is 30.8 Å². The normalized spacial score (nSPS) is 11.2. The summed E-state index contributed by atoms with van der Waals surface area (Å²) >= 11 is 0. The van der Waals surface area contributed by atoms with E-state index in [1.165, 1.54) is 0 Å². The Kier molecular flexibility index (Phi) is 8.69. The standard InChI is InChI=1S/C24H27O3.BF4/c1-16(2)25-22-10-6-19(7-11-22)21-14-18(5)27-24(15-21)20-8-12-23(13-9-20)26-17(3)4;2-1(3,4)5/h6-17H,1-5H3;/q+1;-1. The van der Waals surface area contributed by atoms with Crippen LogP contribution in [0.25, 0.3) is 22.5 Å². The first-order chi connectivity index (χ1) is 14.9. The first kappa shape index (κ1) is 25.2. The van der Waals surface area contributed by atoms with Crippen molar-refractivity contribution in [2.24, 2.45) is 0 Å². The number of halogens is 4. The monoisotopic (exact) mass is 450 g/mol. The molecule has 1 aromatic heterocycles. The molecule has 0 radical (unpaired) electrons. The van der Waals surface area contributed by atoms with Crippen molar-refractivity contribution < 1.29 is 31.2 Å². The van der Waals surface area contributed by atoms with Gasteiger partial charge in [-0.15, -0.1) is 0 Å². The number of aryl methyl sites for hydroxylation is 1. The Morgan fingerprint density at radius 3 is 1.47 bits per heavy atom. The quantitative estimate of drug-likeness (QED) is 0.216. The van der Waals surface area contributed by atoms with Crippen LogP contribution in [0.4, 0.5) is 17.3 Å². The second-order valence-corrected chi connectivity index (χ2v) is 7.70. The van der Waals surface area contributed by atoms with Gasteiger partial charge in [-0.25, -0.2) is 4.42 Å². The van der Waals surface area contributed by atoms with Crippen LogP contribution in [0.5, 0.6) is 11.5 Å². The fraction of sp³-hybridized carbons (Fsp3) is 0.292. The Morgan fingerprint density at radius 2 is 1.06 bits per heavy atom. The van der Waals surface area contributed by atoms with Crippen LogP contribution >= 0.6 is 0 Å². The fourth-order valence-corrected chi connectivity index (χ4v) is 2.91. The molecule has 1 heterocycles. The molecular formula is C24H27BF4O3. The number of benzene rings is 2. The maximum absolute atomic E-state index is 9.75. The summed E-state index contributed by atoms with van der Waals surface area (Å²) in [4.78, 5) is 0. The molecule has 3 nitrogen and oxygen atoms in total. The summed E-state index contributed by atoms with van der Waals surface area (Å²) in [5.74, 6) is 3.45. The van der Waals surface area contributed by atoms with Crippen LogP contribution in [-0.4, -0.2) is 19.5 Å². The Hall–Kier alpha value is -3.03. The second-order valence-electron chi connectivity index (χ2n) is 7.70. The summed E-state index contributed by atoms with van der Waals surface area (Å²) in [6.07, 6.45) is 0.330. The lowest BCUT2D eigenvalue weighted by Crippen LogP contribution is -2.05. The lowest BCUT2D eigenvalue weighted by Gasteiger charge is -2.10. The van der Waals surface area contributed by atoms with Crippen LogP contribution in [0, 0.1) is 6.92 Å². The third-order valence-corrected chi connectivity index (χ3v) is 3.99. The number of rotatable bonds is 6. The van der Waals surface area contributed by atoms with Crippen molar-refractivity contribution in [2.45, 2.75) is 46.8 Å². The van der Waals surface area contributed by atoms with Crippen LogP contribution in [0.3, 0.4) is 0 Å². The SMILES string of the molecule is Cc1cc(-c2ccc(OC(C)C)cc2)cc(-c2ccc(OC(C)C)cc2)[o+]1.F[B-](F)(F)F. The van der Waals surface area contributed by atoms with Gasteiger partial charge in [-0.2, -0.15) is 0 Å². The predicted molar refractivity (Wildman–Crippen MR) is 120 cm³/mol. The van der Waals surface area contributed by atoms with Gasteiger partial charge in [-0.3, -0.25) is 0 Å². The van der Waals surface area contributed by atoms with Crippen LogP contribution in [0.1, 0.15) is 33.5 Å². The van der Waals surface area contributed by atoms with Gasteiger partial charge in [-0.1, -0.05) is 12.1 Å². The van der Waals surface area contributed by atoms with E-state index in [0.717, 1.165) is 39.7 Å². The Morgan fingerprint density at radius 1 is 0.656 bits per heavy atom. The highest BCUT2D eigenvalue weighted by molar-refractivity contribution is 6.50. The number of ether oxygens (including phenoxy) is 2. The minimum atomic E-state index is -6.00. The van der Waals surface area contributed by atoms with Crippen molar-refractivity contribution >= 4 is 7.25 Å². The van der Waals surface area contributed by atoms with Gasteiger partial charge in [0.15, 0.2) is 0 Å². The molecule has 0 aliphatic rings. The average molecular weight is 450 g/mol. The number of hydrogen-bond acceptors (Lipinski definition) is 2. The largest absolute Gasteiger partial charge is 0.673 e. The molecule has 3 rings (SSSR count). The summed E-state index contributed by atoms with van der Waals surface area (Å²) in [5, 5.41) is 0. The highest BCUT2D eigenvalue weighted by Crippen LogP contribution is 2.30. The predicted octanol–water partition coefficient (Wildman–Crippen LogP) is 8.08. The van der Waals surface area contributed by atoms with E-state index in [1.807, 2.05) is 71.0 Å². The lowest BCUT2D eigenvalue weighted by molar-refractivity contribution is 0.242. The van der Waals surface area contributed by atoms with E-state index in [4.69, 9.17) is 13.9 Å². The first-order valence-corrected chi connectivity index (χ1v) is 10.3. The highest BCUT2D eigenvalue weighted by Gasteiger charge is 2.20. The third-order valence-electron chi connectivity index (χ3n) is 3.99. The summed E-state index contributed by atoms with van der Waals surface area (Å²) in [6.45, 7) is 10.1. The van der Waals surface area contributed by atoms with E-state index in [0.29, 0.717) is 0 Å². The molecule has 0 aliphatic carbocycles. The molecule has 0 saturated heterocycles. The van der Waals surface area contributed by atoms with Crippen molar-refractivity contribution in [3.8, 4) is 33.9 Å². The zero-order valence-electron chi connectivity index (χ0n) is 18.7. The minimum absolute atomic E-state index is 0.161. The molecule has 0 aliphatic heterocycles. The molecule has 0 unspecified atom stereocenters. The molecule has 3 aromatic rings.